The lowest BCUT2D eigenvalue weighted by Crippen LogP contribution is -2.37. The van der Waals surface area contributed by atoms with E-state index >= 15 is 0 Å². The van der Waals surface area contributed by atoms with Gasteiger partial charge in [0.05, 0.1) is 25.4 Å². The monoisotopic (exact) mass is 334 g/mol. The van der Waals surface area contributed by atoms with Crippen molar-refractivity contribution in [2.45, 2.75) is 24.9 Å². The summed E-state index contributed by atoms with van der Waals surface area (Å²) in [5.41, 5.74) is 0.740. The van der Waals surface area contributed by atoms with Crippen LogP contribution >= 0.6 is 12.2 Å². The standard InChI is InChI=1S/C14H14N4O4S/c1-20-9-4-2-3-8(5-9)17-14(23)18(16-15-17)10-6-11(19)13-21-7-12(10)22-13/h2-5,10,12-13H,6-7H2,1H3/t10-,12+,13+/m1/s1. The summed E-state index contributed by atoms with van der Waals surface area (Å²) in [5, 5.41) is 8.23. The smallest absolute Gasteiger partial charge is 0.221 e. The van der Waals surface area contributed by atoms with Gasteiger partial charge in [0.25, 0.3) is 0 Å². The lowest BCUT2D eigenvalue weighted by atomic mass is 10.0. The van der Waals surface area contributed by atoms with Gasteiger partial charge in [-0.1, -0.05) is 6.07 Å². The average molecular weight is 334 g/mol. The minimum atomic E-state index is -0.737. The summed E-state index contributed by atoms with van der Waals surface area (Å²) < 4.78 is 19.6. The van der Waals surface area contributed by atoms with Crippen LogP contribution in [0.25, 0.3) is 5.69 Å². The molecular weight excluding hydrogens is 320 g/mol. The Morgan fingerprint density at radius 1 is 1.39 bits per heavy atom. The van der Waals surface area contributed by atoms with Gasteiger partial charge in [-0.2, -0.15) is 4.68 Å². The molecule has 0 N–H and O–H groups in total. The van der Waals surface area contributed by atoms with Gasteiger partial charge in [-0.15, -0.1) is 0 Å². The number of hydrogen-bond acceptors (Lipinski definition) is 7. The van der Waals surface area contributed by atoms with Crippen LogP contribution in [0.3, 0.4) is 0 Å². The molecule has 8 nitrogen and oxygen atoms in total. The van der Waals surface area contributed by atoms with E-state index < -0.39 is 6.29 Å². The Morgan fingerprint density at radius 3 is 3.09 bits per heavy atom. The van der Waals surface area contributed by atoms with E-state index in [4.69, 9.17) is 26.4 Å². The lowest BCUT2D eigenvalue weighted by molar-refractivity contribution is -0.156. The van der Waals surface area contributed by atoms with E-state index in [0.717, 1.165) is 5.69 Å². The van der Waals surface area contributed by atoms with Crippen molar-refractivity contribution in [1.29, 1.82) is 0 Å². The predicted molar refractivity (Wildman–Crippen MR) is 80.0 cm³/mol. The third-order valence-corrected chi connectivity index (χ3v) is 4.39. The van der Waals surface area contributed by atoms with Crippen LogP contribution in [0.2, 0.25) is 0 Å². The molecule has 0 saturated carbocycles. The molecule has 23 heavy (non-hydrogen) atoms. The average Bonchev–Trinajstić information content (AvgIpc) is 3.17. The zero-order chi connectivity index (χ0) is 16.0. The number of hydrogen-bond donors (Lipinski definition) is 0. The van der Waals surface area contributed by atoms with Crippen LogP contribution in [0.1, 0.15) is 12.5 Å². The fourth-order valence-corrected chi connectivity index (χ4v) is 3.15. The number of ether oxygens (including phenoxy) is 3. The Hall–Kier alpha value is -2.10. The maximum Gasteiger partial charge on any atom is 0.221 e. The third-order valence-electron chi connectivity index (χ3n) is 4.03. The van der Waals surface area contributed by atoms with Crippen LogP contribution in [-0.4, -0.2) is 51.7 Å². The molecule has 3 heterocycles. The fraction of sp³-hybridized carbons (Fsp3) is 0.429. The number of carbonyl (C=O) groups excluding carboxylic acids is 1. The Balaban J connectivity index is 1.71. The van der Waals surface area contributed by atoms with Crippen molar-refractivity contribution in [3.63, 3.8) is 0 Å². The van der Waals surface area contributed by atoms with Gasteiger partial charge in [0.2, 0.25) is 11.1 Å². The number of Topliss-reactive ketones (excluding diaryl/α,β-unsaturated/α-hetero) is 1. The molecule has 2 fully saturated rings. The number of carbonyl (C=O) groups is 1. The number of methoxy groups -OCH3 is 1. The molecule has 2 bridgehead atoms. The molecule has 3 atom stereocenters. The minimum absolute atomic E-state index is 0.0958. The molecule has 1 aromatic carbocycles. The van der Waals surface area contributed by atoms with Gasteiger partial charge in [0, 0.05) is 12.5 Å². The molecule has 0 spiro atoms. The van der Waals surface area contributed by atoms with Crippen molar-refractivity contribution in [3.05, 3.63) is 29.0 Å². The molecule has 9 heteroatoms. The number of aromatic nitrogens is 4. The number of benzene rings is 1. The quantitative estimate of drug-likeness (QED) is 0.777. The van der Waals surface area contributed by atoms with Crippen LogP contribution in [-0.2, 0) is 14.3 Å². The summed E-state index contributed by atoms with van der Waals surface area (Å²) in [7, 11) is 1.59. The van der Waals surface area contributed by atoms with E-state index in [2.05, 4.69) is 10.4 Å². The maximum atomic E-state index is 11.9. The second kappa shape index (κ2) is 5.52. The molecule has 2 aromatic rings. The largest absolute Gasteiger partial charge is 0.497 e. The van der Waals surface area contributed by atoms with Gasteiger partial charge in [0.15, 0.2) is 5.78 Å². The van der Waals surface area contributed by atoms with Crippen molar-refractivity contribution >= 4 is 18.0 Å². The zero-order valence-electron chi connectivity index (χ0n) is 12.3. The number of fused-ring (bicyclic) bond motifs is 2. The number of ketones is 1. The molecule has 4 rings (SSSR count). The highest BCUT2D eigenvalue weighted by molar-refractivity contribution is 7.71. The first-order chi connectivity index (χ1) is 11.2. The summed E-state index contributed by atoms with van der Waals surface area (Å²) in [6.07, 6.45) is -0.695. The normalized spacial score (nSPS) is 26.5. The van der Waals surface area contributed by atoms with Crippen molar-refractivity contribution in [1.82, 2.24) is 19.8 Å². The Labute approximate surface area is 136 Å². The zero-order valence-corrected chi connectivity index (χ0v) is 13.1. The summed E-state index contributed by atoms with van der Waals surface area (Å²) in [6, 6.07) is 7.05. The molecule has 0 amide bonds. The Bertz CT molecular complexity index is 817. The number of nitrogens with zero attached hydrogens (tertiary/aromatic N) is 4. The summed E-state index contributed by atoms with van der Waals surface area (Å²) >= 11 is 5.47. The Kier molecular flexibility index (Phi) is 3.47. The fourth-order valence-electron chi connectivity index (χ4n) is 2.84. The Morgan fingerprint density at radius 2 is 2.26 bits per heavy atom. The van der Waals surface area contributed by atoms with Gasteiger partial charge in [0.1, 0.15) is 11.9 Å². The first kappa shape index (κ1) is 14.5. The highest BCUT2D eigenvalue weighted by Gasteiger charge is 2.45. The predicted octanol–water partition coefficient (Wildman–Crippen LogP) is 1.06. The summed E-state index contributed by atoms with van der Waals surface area (Å²) in [5.74, 6) is 0.601. The van der Waals surface area contributed by atoms with Gasteiger partial charge in [-0.3, -0.25) is 4.79 Å². The first-order valence-electron chi connectivity index (χ1n) is 7.16. The number of rotatable bonds is 3. The molecular formula is C14H14N4O4S. The molecule has 2 saturated heterocycles. The lowest BCUT2D eigenvalue weighted by Gasteiger charge is -2.25. The van der Waals surface area contributed by atoms with Crippen molar-refractivity contribution in [2.24, 2.45) is 0 Å². The topological polar surface area (TPSA) is 80.4 Å². The molecule has 0 unspecified atom stereocenters. The minimum Gasteiger partial charge on any atom is -0.497 e. The van der Waals surface area contributed by atoms with Crippen molar-refractivity contribution in [2.75, 3.05) is 13.7 Å². The molecule has 120 valence electrons. The van der Waals surface area contributed by atoms with E-state index in [1.807, 2.05) is 24.3 Å². The van der Waals surface area contributed by atoms with Crippen LogP contribution in [0.4, 0.5) is 0 Å². The first-order valence-corrected chi connectivity index (χ1v) is 7.57. The van der Waals surface area contributed by atoms with Crippen molar-refractivity contribution < 1.29 is 19.0 Å². The van der Waals surface area contributed by atoms with Gasteiger partial charge >= 0.3 is 0 Å². The highest BCUT2D eigenvalue weighted by Crippen LogP contribution is 2.32. The van der Waals surface area contributed by atoms with Crippen LogP contribution < -0.4 is 4.74 Å². The highest BCUT2D eigenvalue weighted by atomic mass is 32.1. The summed E-state index contributed by atoms with van der Waals surface area (Å²) in [4.78, 5) is 11.9. The van der Waals surface area contributed by atoms with Crippen LogP contribution in [0, 0.1) is 4.77 Å². The van der Waals surface area contributed by atoms with E-state index in [-0.39, 0.29) is 24.3 Å². The molecule has 0 aliphatic carbocycles. The molecule has 1 aromatic heterocycles. The maximum absolute atomic E-state index is 11.9. The number of tetrazole rings is 1. The van der Waals surface area contributed by atoms with Gasteiger partial charge in [-0.25, -0.2) is 4.68 Å². The van der Waals surface area contributed by atoms with E-state index in [1.54, 1.807) is 11.8 Å². The molecule has 0 radical (unpaired) electrons. The molecule has 2 aliphatic rings. The second-order valence-electron chi connectivity index (χ2n) is 5.40. The third kappa shape index (κ3) is 2.37. The van der Waals surface area contributed by atoms with Crippen LogP contribution in [0.15, 0.2) is 24.3 Å². The van der Waals surface area contributed by atoms with E-state index in [1.165, 1.54) is 4.68 Å². The summed E-state index contributed by atoms with van der Waals surface area (Å²) in [6.45, 7) is 0.356. The van der Waals surface area contributed by atoms with E-state index in [0.29, 0.717) is 17.1 Å². The van der Waals surface area contributed by atoms with Crippen LogP contribution in [0.5, 0.6) is 5.75 Å². The second-order valence-corrected chi connectivity index (χ2v) is 5.76. The molecule has 2 aliphatic heterocycles. The van der Waals surface area contributed by atoms with Gasteiger partial charge in [-0.05, 0) is 34.8 Å². The van der Waals surface area contributed by atoms with Gasteiger partial charge < -0.3 is 14.2 Å². The van der Waals surface area contributed by atoms with E-state index in [9.17, 15) is 4.79 Å². The van der Waals surface area contributed by atoms with Crippen molar-refractivity contribution in [3.8, 4) is 11.4 Å². The SMILES string of the molecule is COc1cccc(-n2nnn([C@@H]3CC(=O)[C@H]4OC[C@@H]3O4)c2=S)c1.